The van der Waals surface area contributed by atoms with Crippen LogP contribution in [0, 0.1) is 12.7 Å². The van der Waals surface area contributed by atoms with Gasteiger partial charge in [-0.3, -0.25) is 20.4 Å². The van der Waals surface area contributed by atoms with E-state index >= 15 is 0 Å². The molecule has 2 aromatic carbocycles. The van der Waals surface area contributed by atoms with Crippen molar-refractivity contribution in [2.24, 2.45) is 0 Å². The van der Waals surface area contributed by atoms with E-state index in [1.165, 1.54) is 31.4 Å². The zero-order chi connectivity index (χ0) is 17.5. The number of rotatable bonds is 5. The van der Waals surface area contributed by atoms with Crippen molar-refractivity contribution in [2.75, 3.05) is 7.11 Å². The predicted octanol–water partition coefficient (Wildman–Crippen LogP) is 2.08. The molecule has 126 valence electrons. The molecule has 6 heteroatoms. The molecule has 0 aliphatic heterocycles. The Labute approximate surface area is 139 Å². The number of carbonyl (C=O) groups is 2. The van der Waals surface area contributed by atoms with Crippen LogP contribution < -0.4 is 15.6 Å². The van der Waals surface area contributed by atoms with Crippen LogP contribution in [0.3, 0.4) is 0 Å². The van der Waals surface area contributed by atoms with Crippen LogP contribution in [0.5, 0.6) is 5.75 Å². The van der Waals surface area contributed by atoms with Gasteiger partial charge in [0.25, 0.3) is 0 Å². The molecular formula is C18H19FN2O3. The second-order valence-corrected chi connectivity index (χ2v) is 5.39. The Morgan fingerprint density at radius 3 is 2.25 bits per heavy atom. The Bertz CT molecular complexity index is 730. The van der Waals surface area contributed by atoms with Crippen LogP contribution in [0.15, 0.2) is 42.5 Å². The van der Waals surface area contributed by atoms with Gasteiger partial charge in [-0.15, -0.1) is 0 Å². The van der Waals surface area contributed by atoms with Crippen LogP contribution in [0.4, 0.5) is 4.39 Å². The van der Waals surface area contributed by atoms with E-state index in [1.54, 1.807) is 6.07 Å². The second kappa shape index (κ2) is 8.10. The van der Waals surface area contributed by atoms with Gasteiger partial charge < -0.3 is 4.74 Å². The van der Waals surface area contributed by atoms with Gasteiger partial charge in [0.15, 0.2) is 0 Å². The Morgan fingerprint density at radius 1 is 1.00 bits per heavy atom. The van der Waals surface area contributed by atoms with Crippen molar-refractivity contribution in [3.05, 3.63) is 65.0 Å². The third-order valence-electron chi connectivity index (χ3n) is 3.41. The minimum Gasteiger partial charge on any atom is -0.496 e. The van der Waals surface area contributed by atoms with Crippen molar-refractivity contribution in [3.8, 4) is 5.75 Å². The zero-order valence-electron chi connectivity index (χ0n) is 13.6. The summed E-state index contributed by atoms with van der Waals surface area (Å²) < 4.78 is 18.0. The van der Waals surface area contributed by atoms with E-state index in [-0.39, 0.29) is 30.5 Å². The normalized spacial score (nSPS) is 10.1. The van der Waals surface area contributed by atoms with Crippen molar-refractivity contribution in [1.29, 1.82) is 0 Å². The van der Waals surface area contributed by atoms with Crippen molar-refractivity contribution in [1.82, 2.24) is 10.9 Å². The Morgan fingerprint density at radius 2 is 1.62 bits per heavy atom. The summed E-state index contributed by atoms with van der Waals surface area (Å²) >= 11 is 0. The van der Waals surface area contributed by atoms with Gasteiger partial charge in [0.1, 0.15) is 11.6 Å². The molecule has 5 nitrogen and oxygen atoms in total. The van der Waals surface area contributed by atoms with Crippen molar-refractivity contribution < 1.29 is 18.7 Å². The summed E-state index contributed by atoms with van der Waals surface area (Å²) in [7, 11) is 1.54. The first kappa shape index (κ1) is 17.5. The Balaban J connectivity index is 1.85. The summed E-state index contributed by atoms with van der Waals surface area (Å²) in [6, 6.07) is 11.2. The Kier molecular flexibility index (Phi) is 5.89. The third-order valence-corrected chi connectivity index (χ3v) is 3.41. The molecule has 2 amide bonds. The molecule has 0 fully saturated rings. The topological polar surface area (TPSA) is 67.4 Å². The molecule has 0 heterocycles. The maximum atomic E-state index is 12.8. The lowest BCUT2D eigenvalue weighted by Gasteiger charge is -2.11. The number of methoxy groups -OCH3 is 1. The summed E-state index contributed by atoms with van der Waals surface area (Å²) in [5.41, 5.74) is 7.12. The van der Waals surface area contributed by atoms with Gasteiger partial charge in [-0.25, -0.2) is 4.39 Å². The first-order valence-electron chi connectivity index (χ1n) is 7.43. The summed E-state index contributed by atoms with van der Waals surface area (Å²) in [6.45, 7) is 1.92. The van der Waals surface area contributed by atoms with Crippen LogP contribution in [-0.2, 0) is 22.4 Å². The van der Waals surface area contributed by atoms with Crippen LogP contribution in [0.1, 0.15) is 16.7 Å². The molecule has 24 heavy (non-hydrogen) atoms. The van der Waals surface area contributed by atoms with Crippen LogP contribution in [0.2, 0.25) is 0 Å². The standard InChI is InChI=1S/C18H19FN2O3/c1-12-3-8-16(24-2)14(9-12)11-18(23)21-20-17(22)10-13-4-6-15(19)7-5-13/h3-9H,10-11H2,1-2H3,(H,20,22)(H,21,23). The van der Waals surface area contributed by atoms with E-state index in [2.05, 4.69) is 10.9 Å². The van der Waals surface area contributed by atoms with E-state index in [0.29, 0.717) is 11.3 Å². The molecule has 2 rings (SSSR count). The fraction of sp³-hybridized carbons (Fsp3) is 0.222. The molecule has 0 aromatic heterocycles. The predicted molar refractivity (Wildman–Crippen MR) is 87.8 cm³/mol. The van der Waals surface area contributed by atoms with E-state index < -0.39 is 0 Å². The van der Waals surface area contributed by atoms with E-state index in [4.69, 9.17) is 4.74 Å². The van der Waals surface area contributed by atoms with Gasteiger partial charge in [0.2, 0.25) is 11.8 Å². The van der Waals surface area contributed by atoms with Crippen LogP contribution >= 0.6 is 0 Å². The van der Waals surface area contributed by atoms with Crippen molar-refractivity contribution in [3.63, 3.8) is 0 Å². The number of nitrogens with one attached hydrogen (secondary N) is 2. The number of halogens is 1. The second-order valence-electron chi connectivity index (χ2n) is 5.39. The monoisotopic (exact) mass is 330 g/mol. The number of ether oxygens (including phenoxy) is 1. The van der Waals surface area contributed by atoms with Crippen molar-refractivity contribution >= 4 is 11.8 Å². The number of hydrogen-bond donors (Lipinski definition) is 2. The highest BCUT2D eigenvalue weighted by Crippen LogP contribution is 2.19. The highest BCUT2D eigenvalue weighted by atomic mass is 19.1. The summed E-state index contributed by atoms with van der Waals surface area (Å²) in [5.74, 6) is -0.481. The van der Waals surface area contributed by atoms with Gasteiger partial charge in [-0.2, -0.15) is 0 Å². The van der Waals surface area contributed by atoms with E-state index in [9.17, 15) is 14.0 Å². The highest BCUT2D eigenvalue weighted by Gasteiger charge is 2.10. The number of aryl methyl sites for hydroxylation is 1. The van der Waals surface area contributed by atoms with E-state index in [1.807, 2.05) is 19.1 Å². The summed E-state index contributed by atoms with van der Waals surface area (Å²) in [5, 5.41) is 0. The fourth-order valence-corrected chi connectivity index (χ4v) is 2.23. The smallest absolute Gasteiger partial charge is 0.242 e. The average molecular weight is 330 g/mol. The molecule has 0 bridgehead atoms. The molecule has 0 aliphatic carbocycles. The maximum Gasteiger partial charge on any atom is 0.242 e. The van der Waals surface area contributed by atoms with Gasteiger partial charge in [0, 0.05) is 5.56 Å². The molecule has 0 spiro atoms. The fourth-order valence-electron chi connectivity index (χ4n) is 2.23. The molecule has 0 atom stereocenters. The maximum absolute atomic E-state index is 12.8. The zero-order valence-corrected chi connectivity index (χ0v) is 13.6. The minimum absolute atomic E-state index is 0.0499. The molecule has 0 aliphatic rings. The number of carbonyl (C=O) groups excluding carboxylic acids is 2. The highest BCUT2D eigenvalue weighted by molar-refractivity contribution is 5.84. The molecule has 0 saturated heterocycles. The lowest BCUT2D eigenvalue weighted by Crippen LogP contribution is -2.43. The van der Waals surface area contributed by atoms with Gasteiger partial charge in [-0.1, -0.05) is 29.8 Å². The first-order valence-corrected chi connectivity index (χ1v) is 7.43. The molecule has 2 aromatic rings. The molecule has 0 saturated carbocycles. The molecule has 2 N–H and O–H groups in total. The Hall–Kier alpha value is -2.89. The molecule has 0 unspecified atom stereocenters. The number of hydrazine groups is 1. The van der Waals surface area contributed by atoms with Gasteiger partial charge in [-0.05, 0) is 30.7 Å². The van der Waals surface area contributed by atoms with Gasteiger partial charge in [0.05, 0.1) is 20.0 Å². The van der Waals surface area contributed by atoms with E-state index in [0.717, 1.165) is 11.1 Å². The lowest BCUT2D eigenvalue weighted by atomic mass is 10.1. The quantitative estimate of drug-likeness (QED) is 0.825. The molecular weight excluding hydrogens is 311 g/mol. The largest absolute Gasteiger partial charge is 0.496 e. The molecule has 0 radical (unpaired) electrons. The third kappa shape index (κ3) is 5.08. The van der Waals surface area contributed by atoms with Crippen molar-refractivity contribution in [2.45, 2.75) is 19.8 Å². The van der Waals surface area contributed by atoms with Crippen LogP contribution in [0.25, 0.3) is 0 Å². The first-order chi connectivity index (χ1) is 11.5. The van der Waals surface area contributed by atoms with Gasteiger partial charge >= 0.3 is 0 Å². The minimum atomic E-state index is -0.383. The number of amides is 2. The summed E-state index contributed by atoms with van der Waals surface area (Å²) in [4.78, 5) is 23.7. The van der Waals surface area contributed by atoms with Crippen LogP contribution in [-0.4, -0.2) is 18.9 Å². The lowest BCUT2D eigenvalue weighted by molar-refractivity contribution is -0.128. The summed E-state index contributed by atoms with van der Waals surface area (Å²) in [6.07, 6.45) is 0.135. The number of hydrogen-bond acceptors (Lipinski definition) is 3. The SMILES string of the molecule is COc1ccc(C)cc1CC(=O)NNC(=O)Cc1ccc(F)cc1. The average Bonchev–Trinajstić information content (AvgIpc) is 2.55. The number of benzene rings is 2.